The van der Waals surface area contributed by atoms with Gasteiger partial charge in [-0.15, -0.1) is 0 Å². The Kier molecular flexibility index (Phi) is 3.49. The van der Waals surface area contributed by atoms with E-state index < -0.39 is 0 Å². The number of hydrogen-bond donors (Lipinski definition) is 1. The maximum atomic E-state index is 12.4. The molecule has 0 fully saturated rings. The van der Waals surface area contributed by atoms with E-state index in [-0.39, 0.29) is 5.91 Å². The minimum Gasteiger partial charge on any atom is -0.399 e. The summed E-state index contributed by atoms with van der Waals surface area (Å²) in [5.41, 5.74) is 9.73. The third kappa shape index (κ3) is 2.56. The van der Waals surface area contributed by atoms with Crippen molar-refractivity contribution in [3.8, 4) is 0 Å². The summed E-state index contributed by atoms with van der Waals surface area (Å²) in [4.78, 5) is 14.3. The van der Waals surface area contributed by atoms with Crippen molar-refractivity contribution in [1.82, 2.24) is 0 Å². The highest BCUT2D eigenvalue weighted by Crippen LogP contribution is 2.30. The molecule has 1 heterocycles. The summed E-state index contributed by atoms with van der Waals surface area (Å²) in [5, 5.41) is 0. The minimum atomic E-state index is 0.135. The van der Waals surface area contributed by atoms with Crippen molar-refractivity contribution in [3.63, 3.8) is 0 Å². The highest BCUT2D eigenvalue weighted by molar-refractivity contribution is 9.10. The number of carbonyl (C=O) groups excluding carboxylic acids is 1. The standard InChI is InChI=1S/C16H15BrN2O/c17-13-3-1-11(2-4-13)9-16(20)19-8-7-12-10-14(18)5-6-15(12)19/h1-6,10H,7-9,18H2. The lowest BCUT2D eigenvalue weighted by atomic mass is 10.1. The second-order valence-corrected chi connectivity index (χ2v) is 5.90. The number of hydrogen-bond acceptors (Lipinski definition) is 2. The molecule has 0 bridgehead atoms. The fourth-order valence-electron chi connectivity index (χ4n) is 2.55. The van der Waals surface area contributed by atoms with Crippen molar-refractivity contribution >= 4 is 33.2 Å². The molecule has 0 aromatic heterocycles. The van der Waals surface area contributed by atoms with Crippen molar-refractivity contribution in [2.75, 3.05) is 17.2 Å². The van der Waals surface area contributed by atoms with Crippen LogP contribution in [0.4, 0.5) is 11.4 Å². The number of nitrogens with two attached hydrogens (primary N) is 1. The maximum Gasteiger partial charge on any atom is 0.231 e. The van der Waals surface area contributed by atoms with Gasteiger partial charge in [0.2, 0.25) is 5.91 Å². The minimum absolute atomic E-state index is 0.135. The molecule has 0 atom stereocenters. The SMILES string of the molecule is Nc1ccc2c(c1)CCN2C(=O)Cc1ccc(Br)cc1. The number of nitrogen functional groups attached to an aromatic ring is 1. The molecule has 102 valence electrons. The van der Waals surface area contributed by atoms with Gasteiger partial charge in [0.25, 0.3) is 0 Å². The highest BCUT2D eigenvalue weighted by Gasteiger charge is 2.24. The number of halogens is 1. The molecule has 2 N–H and O–H groups in total. The van der Waals surface area contributed by atoms with Crippen LogP contribution in [-0.4, -0.2) is 12.5 Å². The molecule has 0 saturated heterocycles. The van der Waals surface area contributed by atoms with Gasteiger partial charge in [-0.05, 0) is 47.9 Å². The molecule has 0 aliphatic carbocycles. The first kappa shape index (κ1) is 13.2. The molecule has 0 spiro atoms. The second kappa shape index (κ2) is 5.29. The van der Waals surface area contributed by atoms with Crippen LogP contribution < -0.4 is 10.6 Å². The monoisotopic (exact) mass is 330 g/mol. The Labute approximate surface area is 126 Å². The van der Waals surface area contributed by atoms with Gasteiger partial charge in [0.1, 0.15) is 0 Å². The predicted octanol–water partition coefficient (Wildman–Crippen LogP) is 3.16. The number of nitrogens with zero attached hydrogens (tertiary/aromatic N) is 1. The van der Waals surface area contributed by atoms with Crippen molar-refractivity contribution < 1.29 is 4.79 Å². The summed E-state index contributed by atoms with van der Waals surface area (Å²) in [7, 11) is 0. The van der Waals surface area contributed by atoms with Crippen LogP contribution >= 0.6 is 15.9 Å². The summed E-state index contributed by atoms with van der Waals surface area (Å²) >= 11 is 3.40. The summed E-state index contributed by atoms with van der Waals surface area (Å²) in [6.07, 6.45) is 1.31. The lowest BCUT2D eigenvalue weighted by Gasteiger charge is -2.17. The Bertz CT molecular complexity index is 652. The van der Waals surface area contributed by atoms with Crippen LogP contribution in [0.2, 0.25) is 0 Å². The molecule has 3 rings (SSSR count). The number of benzene rings is 2. The van der Waals surface area contributed by atoms with Crippen LogP contribution in [0.5, 0.6) is 0 Å². The first-order valence-electron chi connectivity index (χ1n) is 6.57. The molecule has 0 radical (unpaired) electrons. The first-order valence-corrected chi connectivity index (χ1v) is 7.36. The fraction of sp³-hybridized carbons (Fsp3) is 0.188. The molecule has 1 aliphatic heterocycles. The van der Waals surface area contributed by atoms with Crippen molar-refractivity contribution in [2.45, 2.75) is 12.8 Å². The lowest BCUT2D eigenvalue weighted by molar-refractivity contribution is -0.117. The van der Waals surface area contributed by atoms with E-state index in [1.165, 1.54) is 0 Å². The van der Waals surface area contributed by atoms with E-state index in [2.05, 4.69) is 15.9 Å². The van der Waals surface area contributed by atoms with Gasteiger partial charge in [-0.25, -0.2) is 0 Å². The Morgan fingerprint density at radius 1 is 1.20 bits per heavy atom. The summed E-state index contributed by atoms with van der Waals surface area (Å²) in [6.45, 7) is 0.744. The zero-order valence-electron chi connectivity index (χ0n) is 11.0. The van der Waals surface area contributed by atoms with Gasteiger partial charge in [0, 0.05) is 22.4 Å². The van der Waals surface area contributed by atoms with E-state index in [0.29, 0.717) is 6.42 Å². The largest absolute Gasteiger partial charge is 0.399 e. The van der Waals surface area contributed by atoms with E-state index in [1.54, 1.807) is 0 Å². The quantitative estimate of drug-likeness (QED) is 0.859. The molecule has 20 heavy (non-hydrogen) atoms. The average molecular weight is 331 g/mol. The van der Waals surface area contributed by atoms with Crippen molar-refractivity contribution in [3.05, 3.63) is 58.1 Å². The summed E-state index contributed by atoms with van der Waals surface area (Å²) in [5.74, 6) is 0.135. The zero-order chi connectivity index (χ0) is 14.1. The Morgan fingerprint density at radius 2 is 1.95 bits per heavy atom. The average Bonchev–Trinajstić information content (AvgIpc) is 2.84. The van der Waals surface area contributed by atoms with Gasteiger partial charge in [-0.2, -0.15) is 0 Å². The molecular weight excluding hydrogens is 316 g/mol. The van der Waals surface area contributed by atoms with Gasteiger partial charge in [0.15, 0.2) is 0 Å². The van der Waals surface area contributed by atoms with E-state index in [0.717, 1.165) is 39.9 Å². The van der Waals surface area contributed by atoms with Gasteiger partial charge in [-0.1, -0.05) is 28.1 Å². The molecule has 3 nitrogen and oxygen atoms in total. The zero-order valence-corrected chi connectivity index (χ0v) is 12.6. The normalized spacial score (nSPS) is 13.3. The molecule has 1 amide bonds. The van der Waals surface area contributed by atoms with E-state index in [1.807, 2.05) is 47.4 Å². The van der Waals surface area contributed by atoms with Gasteiger partial charge < -0.3 is 10.6 Å². The predicted molar refractivity (Wildman–Crippen MR) is 84.8 cm³/mol. The number of anilines is 2. The fourth-order valence-corrected chi connectivity index (χ4v) is 2.82. The van der Waals surface area contributed by atoms with Gasteiger partial charge in [-0.3, -0.25) is 4.79 Å². The molecule has 0 unspecified atom stereocenters. The number of rotatable bonds is 2. The molecule has 2 aromatic carbocycles. The smallest absolute Gasteiger partial charge is 0.231 e. The maximum absolute atomic E-state index is 12.4. The third-order valence-corrected chi connectivity index (χ3v) is 4.10. The molecule has 0 saturated carbocycles. The molecule has 1 aliphatic rings. The van der Waals surface area contributed by atoms with Crippen LogP contribution in [0.1, 0.15) is 11.1 Å². The van der Waals surface area contributed by atoms with E-state index >= 15 is 0 Å². The van der Waals surface area contributed by atoms with Crippen LogP contribution in [0.3, 0.4) is 0 Å². The number of carbonyl (C=O) groups is 1. The van der Waals surface area contributed by atoms with Crippen LogP contribution in [-0.2, 0) is 17.6 Å². The number of amides is 1. The summed E-state index contributed by atoms with van der Waals surface area (Å²) in [6, 6.07) is 13.6. The Morgan fingerprint density at radius 3 is 2.70 bits per heavy atom. The molecular formula is C16H15BrN2O. The van der Waals surface area contributed by atoms with Gasteiger partial charge in [0.05, 0.1) is 6.42 Å². The molecule has 4 heteroatoms. The lowest BCUT2D eigenvalue weighted by Crippen LogP contribution is -2.30. The Hall–Kier alpha value is -1.81. The van der Waals surface area contributed by atoms with Crippen molar-refractivity contribution in [1.29, 1.82) is 0 Å². The van der Waals surface area contributed by atoms with Crippen LogP contribution in [0.25, 0.3) is 0 Å². The highest BCUT2D eigenvalue weighted by atomic mass is 79.9. The first-order chi connectivity index (χ1) is 9.63. The Balaban J connectivity index is 1.78. The third-order valence-electron chi connectivity index (χ3n) is 3.57. The van der Waals surface area contributed by atoms with Crippen LogP contribution in [0, 0.1) is 0 Å². The van der Waals surface area contributed by atoms with E-state index in [9.17, 15) is 4.79 Å². The molecule has 2 aromatic rings. The van der Waals surface area contributed by atoms with E-state index in [4.69, 9.17) is 5.73 Å². The summed E-state index contributed by atoms with van der Waals surface area (Å²) < 4.78 is 1.02. The van der Waals surface area contributed by atoms with Gasteiger partial charge >= 0.3 is 0 Å². The van der Waals surface area contributed by atoms with Crippen LogP contribution in [0.15, 0.2) is 46.9 Å². The topological polar surface area (TPSA) is 46.3 Å². The second-order valence-electron chi connectivity index (χ2n) is 4.99. The van der Waals surface area contributed by atoms with Crippen molar-refractivity contribution in [2.24, 2.45) is 0 Å². The number of fused-ring (bicyclic) bond motifs is 1.